The maximum atomic E-state index is 12.5. The molecule has 1 aromatic heterocycles. The zero-order chi connectivity index (χ0) is 20.0. The Labute approximate surface area is 160 Å². The molecule has 0 aliphatic carbocycles. The number of amides is 1. The molecule has 2 rings (SSSR count). The summed E-state index contributed by atoms with van der Waals surface area (Å²) in [5.74, 6) is -0.733. The van der Waals surface area contributed by atoms with Crippen molar-refractivity contribution in [2.75, 3.05) is 0 Å². The van der Waals surface area contributed by atoms with Gasteiger partial charge in [-0.05, 0) is 35.1 Å². The van der Waals surface area contributed by atoms with Gasteiger partial charge in [0, 0.05) is 6.54 Å². The Morgan fingerprint density at radius 1 is 1.19 bits per heavy atom. The van der Waals surface area contributed by atoms with Crippen molar-refractivity contribution in [3.8, 4) is 5.75 Å². The highest BCUT2D eigenvalue weighted by molar-refractivity contribution is 7.91. The molecule has 0 spiro atoms. The van der Waals surface area contributed by atoms with Crippen LogP contribution in [0.15, 0.2) is 46.0 Å². The van der Waals surface area contributed by atoms with Gasteiger partial charge in [0.05, 0.1) is 0 Å². The molecule has 2 aromatic rings. The maximum absolute atomic E-state index is 12.5. The Morgan fingerprint density at radius 2 is 1.85 bits per heavy atom. The first-order valence-electron chi connectivity index (χ1n) is 8.06. The summed E-state index contributed by atoms with van der Waals surface area (Å²) in [5, 5.41) is 4.30. The van der Waals surface area contributed by atoms with E-state index in [-0.39, 0.29) is 22.4 Å². The topological polar surface area (TPSA) is 84.5 Å². The van der Waals surface area contributed by atoms with Crippen molar-refractivity contribution in [1.29, 1.82) is 0 Å². The van der Waals surface area contributed by atoms with E-state index in [2.05, 4.69) is 14.8 Å². The number of thiophene rings is 1. The van der Waals surface area contributed by atoms with Gasteiger partial charge in [0.1, 0.15) is 16.0 Å². The van der Waals surface area contributed by atoms with Gasteiger partial charge in [-0.3, -0.25) is 4.79 Å². The van der Waals surface area contributed by atoms with Gasteiger partial charge >= 0.3 is 6.61 Å². The van der Waals surface area contributed by atoms with Gasteiger partial charge < -0.3 is 10.1 Å². The largest absolute Gasteiger partial charge is 0.435 e. The summed E-state index contributed by atoms with van der Waals surface area (Å²) in [7, 11) is -3.79. The van der Waals surface area contributed by atoms with Crippen molar-refractivity contribution in [2.45, 2.75) is 37.3 Å². The predicted molar refractivity (Wildman–Crippen MR) is 98.2 cm³/mol. The van der Waals surface area contributed by atoms with Crippen LogP contribution in [0, 0.1) is 5.92 Å². The number of ether oxygens (including phenoxy) is 1. The second-order valence-corrected chi connectivity index (χ2v) is 8.90. The second-order valence-electron chi connectivity index (χ2n) is 6.02. The molecule has 2 N–H and O–H groups in total. The fourth-order valence-electron chi connectivity index (χ4n) is 2.22. The lowest BCUT2D eigenvalue weighted by Crippen LogP contribution is -2.49. The second kappa shape index (κ2) is 9.25. The van der Waals surface area contributed by atoms with Gasteiger partial charge in [-0.1, -0.05) is 32.0 Å². The number of carbonyl (C=O) groups excluding carboxylic acids is 1. The predicted octanol–water partition coefficient (Wildman–Crippen LogP) is 2.97. The molecule has 1 aromatic carbocycles. The lowest BCUT2D eigenvalue weighted by molar-refractivity contribution is -0.123. The minimum Gasteiger partial charge on any atom is -0.435 e. The van der Waals surface area contributed by atoms with E-state index in [0.717, 1.165) is 11.3 Å². The Kier molecular flexibility index (Phi) is 7.28. The monoisotopic (exact) mass is 418 g/mol. The zero-order valence-electron chi connectivity index (χ0n) is 14.7. The van der Waals surface area contributed by atoms with Gasteiger partial charge in [0.2, 0.25) is 5.91 Å². The molecule has 0 aliphatic heterocycles. The Bertz CT molecular complexity index is 838. The van der Waals surface area contributed by atoms with Gasteiger partial charge in [-0.15, -0.1) is 11.3 Å². The molecule has 1 amide bonds. The highest BCUT2D eigenvalue weighted by Gasteiger charge is 2.28. The molecule has 0 saturated heterocycles. The molecule has 148 valence electrons. The van der Waals surface area contributed by atoms with Crippen molar-refractivity contribution < 1.29 is 26.7 Å². The molecule has 6 nitrogen and oxygen atoms in total. The summed E-state index contributed by atoms with van der Waals surface area (Å²) >= 11 is 1.06. The molecule has 27 heavy (non-hydrogen) atoms. The molecule has 0 unspecified atom stereocenters. The van der Waals surface area contributed by atoms with Crippen LogP contribution in [0.3, 0.4) is 0 Å². The number of hydrogen-bond acceptors (Lipinski definition) is 5. The van der Waals surface area contributed by atoms with Crippen LogP contribution in [0.4, 0.5) is 8.78 Å². The van der Waals surface area contributed by atoms with E-state index < -0.39 is 28.6 Å². The average molecular weight is 418 g/mol. The van der Waals surface area contributed by atoms with Gasteiger partial charge in [-0.25, -0.2) is 8.42 Å². The van der Waals surface area contributed by atoms with E-state index in [4.69, 9.17) is 0 Å². The third-order valence-electron chi connectivity index (χ3n) is 3.61. The Morgan fingerprint density at radius 3 is 2.37 bits per heavy atom. The average Bonchev–Trinajstić information content (AvgIpc) is 3.14. The molecule has 0 aliphatic rings. The number of rotatable bonds is 9. The minimum absolute atomic E-state index is 0.0174. The van der Waals surface area contributed by atoms with Crippen LogP contribution in [0.1, 0.15) is 19.4 Å². The maximum Gasteiger partial charge on any atom is 0.387 e. The molecule has 0 saturated carbocycles. The molecule has 1 heterocycles. The smallest absolute Gasteiger partial charge is 0.387 e. The summed E-state index contributed by atoms with van der Waals surface area (Å²) < 4.78 is 55.8. The van der Waals surface area contributed by atoms with Gasteiger partial charge in [0.25, 0.3) is 10.0 Å². The van der Waals surface area contributed by atoms with Crippen molar-refractivity contribution in [3.63, 3.8) is 0 Å². The first-order valence-corrected chi connectivity index (χ1v) is 10.4. The Hall–Kier alpha value is -2.04. The molecular weight excluding hydrogens is 398 g/mol. The van der Waals surface area contributed by atoms with E-state index in [1.807, 2.05) is 0 Å². The molecule has 10 heteroatoms. The number of sulfonamides is 1. The highest BCUT2D eigenvalue weighted by atomic mass is 32.2. The van der Waals surface area contributed by atoms with Crippen molar-refractivity contribution in [2.24, 2.45) is 5.92 Å². The van der Waals surface area contributed by atoms with E-state index in [9.17, 15) is 22.0 Å². The van der Waals surface area contributed by atoms with Crippen LogP contribution in [0.5, 0.6) is 5.75 Å². The summed E-state index contributed by atoms with van der Waals surface area (Å²) in [6, 6.07) is 7.95. The van der Waals surface area contributed by atoms with Crippen molar-refractivity contribution in [3.05, 3.63) is 47.3 Å². The fourth-order valence-corrected chi connectivity index (χ4v) is 4.58. The molecular formula is C17H20F2N2O4S2. The van der Waals surface area contributed by atoms with E-state index in [1.165, 1.54) is 30.3 Å². The summed E-state index contributed by atoms with van der Waals surface area (Å²) in [4.78, 5) is 12.5. The number of alkyl halides is 2. The molecule has 0 bridgehead atoms. The Balaban J connectivity index is 1.99. The number of carbonyl (C=O) groups is 1. The van der Waals surface area contributed by atoms with Crippen LogP contribution in [0.2, 0.25) is 0 Å². The van der Waals surface area contributed by atoms with Crippen LogP contribution >= 0.6 is 11.3 Å². The minimum atomic E-state index is -3.79. The first kappa shape index (κ1) is 21.3. The fraction of sp³-hybridized carbons (Fsp3) is 0.353. The standard InChI is InChI=1S/C17H20F2N2O4S2/c1-11(2)15(21-27(23,24)14-4-3-9-26-14)16(22)20-10-12-5-7-13(8-6-12)25-17(18)19/h3-9,11,15,17,21H,10H2,1-2H3,(H,20,22)/t15-/m0/s1. The third kappa shape index (κ3) is 6.26. The number of hydrogen-bond donors (Lipinski definition) is 2. The molecule has 0 radical (unpaired) electrons. The molecule has 0 fully saturated rings. The number of nitrogens with one attached hydrogen (secondary N) is 2. The quantitative estimate of drug-likeness (QED) is 0.656. The summed E-state index contributed by atoms with van der Waals surface area (Å²) in [5.41, 5.74) is 0.661. The number of halogens is 2. The number of benzene rings is 1. The van der Waals surface area contributed by atoms with Crippen LogP contribution in [-0.2, 0) is 21.4 Å². The lowest BCUT2D eigenvalue weighted by atomic mass is 10.0. The highest BCUT2D eigenvalue weighted by Crippen LogP contribution is 2.18. The normalized spacial score (nSPS) is 13.0. The van der Waals surface area contributed by atoms with Crippen LogP contribution in [0.25, 0.3) is 0 Å². The summed E-state index contributed by atoms with van der Waals surface area (Å²) in [6.45, 7) is 0.686. The van der Waals surface area contributed by atoms with E-state index >= 15 is 0 Å². The van der Waals surface area contributed by atoms with Crippen molar-refractivity contribution >= 4 is 27.3 Å². The van der Waals surface area contributed by atoms with Crippen LogP contribution in [-0.4, -0.2) is 27.0 Å². The van der Waals surface area contributed by atoms with Crippen LogP contribution < -0.4 is 14.8 Å². The van der Waals surface area contributed by atoms with E-state index in [0.29, 0.717) is 5.56 Å². The van der Waals surface area contributed by atoms with Gasteiger partial charge in [0.15, 0.2) is 0 Å². The molecule has 1 atom stereocenters. The summed E-state index contributed by atoms with van der Waals surface area (Å²) in [6.07, 6.45) is 0. The first-order chi connectivity index (χ1) is 12.7. The zero-order valence-corrected chi connectivity index (χ0v) is 16.3. The van der Waals surface area contributed by atoms with Gasteiger partial charge in [-0.2, -0.15) is 13.5 Å². The lowest BCUT2D eigenvalue weighted by Gasteiger charge is -2.21. The van der Waals surface area contributed by atoms with Crippen molar-refractivity contribution in [1.82, 2.24) is 10.0 Å². The van der Waals surface area contributed by atoms with E-state index in [1.54, 1.807) is 25.3 Å². The SMILES string of the molecule is CC(C)[C@H](NS(=O)(=O)c1cccs1)C(=O)NCc1ccc(OC(F)F)cc1. The third-order valence-corrected chi connectivity index (χ3v) is 6.45.